The summed E-state index contributed by atoms with van der Waals surface area (Å²) in [6.45, 7) is 1.14. The lowest BCUT2D eigenvalue weighted by Crippen LogP contribution is -2.61. The molecular weight excluding hydrogens is 376 g/mol. The van der Waals surface area contributed by atoms with Gasteiger partial charge in [0.25, 0.3) is 5.91 Å². The summed E-state index contributed by atoms with van der Waals surface area (Å²) < 4.78 is 1.67. The molecule has 0 bridgehead atoms. The minimum atomic E-state index is -0.833. The molecule has 7 heteroatoms. The quantitative estimate of drug-likeness (QED) is 0.630. The van der Waals surface area contributed by atoms with Crippen molar-refractivity contribution >= 4 is 18.3 Å². The van der Waals surface area contributed by atoms with E-state index < -0.39 is 11.6 Å². The Morgan fingerprint density at radius 3 is 2.61 bits per heavy atom. The average Bonchev–Trinajstić information content (AvgIpc) is 3.25. The monoisotopic (exact) mass is 398 g/mol. The number of para-hydroxylation sites is 1. The van der Waals surface area contributed by atoms with Crippen molar-refractivity contribution in [1.29, 1.82) is 0 Å². The molecule has 3 aromatic rings. The highest BCUT2D eigenvalue weighted by Gasteiger charge is 2.43. The zero-order chi connectivity index (χ0) is 18.7. The van der Waals surface area contributed by atoms with Crippen LogP contribution >= 0.6 is 12.4 Å². The normalized spacial score (nSPS) is 21.5. The van der Waals surface area contributed by atoms with Gasteiger partial charge in [-0.2, -0.15) is 5.10 Å². The van der Waals surface area contributed by atoms with Gasteiger partial charge in [0.05, 0.1) is 22.9 Å². The Kier molecular flexibility index (Phi) is 6.14. The average molecular weight is 399 g/mol. The standard InChI is InChI=1S/C21H22N4O2.ClH/c26-19-15-22-13-11-21(19,16-7-2-1-3-8-16)24-20(27)17-9-4-5-10-18(17)25-14-6-12-23-25;/h1-10,12,14,19,22,26H,11,13,15H2,(H,24,27);1H/t19-,21+;/m1./s1. The first-order chi connectivity index (χ1) is 13.2. The molecule has 0 unspecified atom stereocenters. The third-order valence-corrected chi connectivity index (χ3v) is 5.13. The summed E-state index contributed by atoms with van der Waals surface area (Å²) in [6, 6.07) is 18.8. The second-order valence-corrected chi connectivity index (χ2v) is 6.73. The first-order valence-electron chi connectivity index (χ1n) is 9.06. The van der Waals surface area contributed by atoms with Crippen LogP contribution in [0.2, 0.25) is 0 Å². The van der Waals surface area contributed by atoms with Gasteiger partial charge < -0.3 is 15.7 Å². The van der Waals surface area contributed by atoms with Gasteiger partial charge in [0.2, 0.25) is 0 Å². The molecule has 1 aromatic heterocycles. The van der Waals surface area contributed by atoms with E-state index in [9.17, 15) is 9.90 Å². The van der Waals surface area contributed by atoms with E-state index in [0.717, 1.165) is 5.56 Å². The Hall–Kier alpha value is -2.67. The lowest BCUT2D eigenvalue weighted by Gasteiger charge is -2.43. The van der Waals surface area contributed by atoms with Crippen molar-refractivity contribution < 1.29 is 9.90 Å². The number of carbonyl (C=O) groups is 1. The van der Waals surface area contributed by atoms with Gasteiger partial charge in [-0.1, -0.05) is 42.5 Å². The highest BCUT2D eigenvalue weighted by molar-refractivity contribution is 5.98. The molecule has 4 rings (SSSR count). The molecule has 2 aromatic carbocycles. The van der Waals surface area contributed by atoms with E-state index in [0.29, 0.717) is 30.8 Å². The summed E-state index contributed by atoms with van der Waals surface area (Å²) in [5.74, 6) is -0.231. The van der Waals surface area contributed by atoms with Crippen molar-refractivity contribution in [2.45, 2.75) is 18.1 Å². The van der Waals surface area contributed by atoms with Crippen LogP contribution in [0.3, 0.4) is 0 Å². The molecule has 2 atom stereocenters. The fourth-order valence-corrected chi connectivity index (χ4v) is 3.70. The molecule has 0 radical (unpaired) electrons. The zero-order valence-corrected chi connectivity index (χ0v) is 16.1. The number of hydrogen-bond acceptors (Lipinski definition) is 4. The topological polar surface area (TPSA) is 79.2 Å². The number of hydrogen-bond donors (Lipinski definition) is 3. The van der Waals surface area contributed by atoms with E-state index in [1.807, 2.05) is 54.6 Å². The van der Waals surface area contributed by atoms with E-state index in [1.165, 1.54) is 0 Å². The summed E-state index contributed by atoms with van der Waals surface area (Å²) in [6.07, 6.45) is 3.36. The second kappa shape index (κ2) is 8.56. The summed E-state index contributed by atoms with van der Waals surface area (Å²) >= 11 is 0. The van der Waals surface area contributed by atoms with Gasteiger partial charge in [-0.3, -0.25) is 4.79 Å². The highest BCUT2D eigenvalue weighted by atomic mass is 35.5. The molecule has 0 aliphatic carbocycles. The third kappa shape index (κ3) is 3.67. The number of aromatic nitrogens is 2. The zero-order valence-electron chi connectivity index (χ0n) is 15.3. The number of carbonyl (C=O) groups excluding carboxylic acids is 1. The lowest BCUT2D eigenvalue weighted by molar-refractivity contribution is 0.0289. The van der Waals surface area contributed by atoms with Crippen LogP contribution in [0.4, 0.5) is 0 Å². The summed E-state index contributed by atoms with van der Waals surface area (Å²) in [7, 11) is 0. The number of β-amino-alcohol motifs (C(OH)–C–C–N with tert-alkyl or cyclic N) is 1. The predicted octanol–water partition coefficient (Wildman–Crippen LogP) is 2.27. The van der Waals surface area contributed by atoms with Gasteiger partial charge >= 0.3 is 0 Å². The molecule has 3 N–H and O–H groups in total. The van der Waals surface area contributed by atoms with Crippen molar-refractivity contribution in [2.24, 2.45) is 0 Å². The maximum atomic E-state index is 13.3. The summed E-state index contributed by atoms with van der Waals surface area (Å²) in [5, 5.41) is 21.4. The maximum absolute atomic E-state index is 13.3. The van der Waals surface area contributed by atoms with Crippen molar-refractivity contribution in [3.8, 4) is 5.69 Å². The second-order valence-electron chi connectivity index (χ2n) is 6.73. The van der Waals surface area contributed by atoms with Crippen LogP contribution in [-0.4, -0.2) is 40.0 Å². The molecule has 0 saturated carbocycles. The largest absolute Gasteiger partial charge is 0.389 e. The molecule has 1 amide bonds. The van der Waals surface area contributed by atoms with Crippen molar-refractivity contribution in [3.63, 3.8) is 0 Å². The first kappa shape index (κ1) is 20.1. The van der Waals surface area contributed by atoms with Gasteiger partial charge in [-0.05, 0) is 36.7 Å². The minimum Gasteiger partial charge on any atom is -0.389 e. The fraction of sp³-hybridized carbons (Fsp3) is 0.238. The van der Waals surface area contributed by atoms with E-state index >= 15 is 0 Å². The molecule has 146 valence electrons. The van der Waals surface area contributed by atoms with Crippen molar-refractivity contribution in [3.05, 3.63) is 84.2 Å². The fourth-order valence-electron chi connectivity index (χ4n) is 3.70. The number of nitrogens with one attached hydrogen (secondary N) is 2. The molecular formula is C21H23ClN4O2. The number of nitrogens with zero attached hydrogens (tertiary/aromatic N) is 2. The van der Waals surface area contributed by atoms with E-state index in [4.69, 9.17) is 0 Å². The summed E-state index contributed by atoms with van der Waals surface area (Å²) in [5.41, 5.74) is 1.29. The number of aliphatic hydroxyl groups is 1. The van der Waals surface area contributed by atoms with Crippen LogP contribution < -0.4 is 10.6 Å². The molecule has 2 heterocycles. The molecule has 6 nitrogen and oxygen atoms in total. The Balaban J connectivity index is 0.00000225. The van der Waals surface area contributed by atoms with Crippen molar-refractivity contribution in [1.82, 2.24) is 20.4 Å². The molecule has 1 saturated heterocycles. The van der Waals surface area contributed by atoms with Crippen molar-refractivity contribution in [2.75, 3.05) is 13.1 Å². The van der Waals surface area contributed by atoms with Gasteiger partial charge in [-0.25, -0.2) is 4.68 Å². The SMILES string of the molecule is Cl.O=C(N[C@]1(c2ccccc2)CCNC[C@H]1O)c1ccccc1-n1cccn1. The Bertz CT molecular complexity index is 917. The first-order valence-corrected chi connectivity index (χ1v) is 9.06. The van der Waals surface area contributed by atoms with Gasteiger partial charge in [0.15, 0.2) is 0 Å². The van der Waals surface area contributed by atoms with Crippen LogP contribution in [0, 0.1) is 0 Å². The highest BCUT2D eigenvalue weighted by Crippen LogP contribution is 2.32. The smallest absolute Gasteiger partial charge is 0.254 e. The van der Waals surface area contributed by atoms with Gasteiger partial charge in [0.1, 0.15) is 0 Å². The van der Waals surface area contributed by atoms with E-state index in [2.05, 4.69) is 15.7 Å². The Morgan fingerprint density at radius 1 is 1.14 bits per heavy atom. The van der Waals surface area contributed by atoms with Crippen LogP contribution in [0.1, 0.15) is 22.3 Å². The molecule has 1 aliphatic heterocycles. The Labute approximate surface area is 170 Å². The number of halogens is 1. The van der Waals surface area contributed by atoms with Gasteiger partial charge in [-0.15, -0.1) is 12.4 Å². The lowest BCUT2D eigenvalue weighted by atomic mass is 9.79. The third-order valence-electron chi connectivity index (χ3n) is 5.13. The van der Waals surface area contributed by atoms with Crippen LogP contribution in [0.25, 0.3) is 5.69 Å². The van der Waals surface area contributed by atoms with Crippen LogP contribution in [0.5, 0.6) is 0 Å². The van der Waals surface area contributed by atoms with Gasteiger partial charge in [0, 0.05) is 18.9 Å². The molecule has 28 heavy (non-hydrogen) atoms. The van der Waals surface area contributed by atoms with E-state index in [-0.39, 0.29) is 18.3 Å². The summed E-state index contributed by atoms with van der Waals surface area (Å²) in [4.78, 5) is 13.3. The number of aliphatic hydroxyl groups excluding tert-OH is 1. The maximum Gasteiger partial charge on any atom is 0.254 e. The molecule has 0 spiro atoms. The number of piperidine rings is 1. The molecule has 1 fully saturated rings. The molecule has 1 aliphatic rings. The Morgan fingerprint density at radius 2 is 1.89 bits per heavy atom. The van der Waals surface area contributed by atoms with Crippen LogP contribution in [-0.2, 0) is 5.54 Å². The number of benzene rings is 2. The minimum absolute atomic E-state index is 0. The predicted molar refractivity (Wildman–Crippen MR) is 110 cm³/mol. The van der Waals surface area contributed by atoms with Crippen LogP contribution in [0.15, 0.2) is 73.1 Å². The number of amides is 1. The van der Waals surface area contributed by atoms with E-state index in [1.54, 1.807) is 23.1 Å². The number of rotatable bonds is 4.